The number of rotatable bonds is 1. The summed E-state index contributed by atoms with van der Waals surface area (Å²) in [5, 5.41) is 4.63. The molecule has 0 amide bonds. The van der Waals surface area contributed by atoms with Gasteiger partial charge in [-0.15, -0.1) is 0 Å². The lowest BCUT2D eigenvalue weighted by Gasteiger charge is -2.02. The van der Waals surface area contributed by atoms with Crippen LogP contribution in [0.5, 0.6) is 0 Å². The Balaban J connectivity index is 1.94. The first kappa shape index (κ1) is 11.6. The summed E-state index contributed by atoms with van der Waals surface area (Å²) in [4.78, 5) is 11.8. The van der Waals surface area contributed by atoms with Gasteiger partial charge in [-0.2, -0.15) is 5.10 Å². The highest BCUT2D eigenvalue weighted by Gasteiger charge is 2.09. The Labute approximate surface area is 122 Å². The van der Waals surface area contributed by atoms with E-state index in [-0.39, 0.29) is 0 Å². The summed E-state index contributed by atoms with van der Waals surface area (Å²) in [5.41, 5.74) is 5.66. The zero-order chi connectivity index (χ0) is 13.7. The quantitative estimate of drug-likeness (QED) is 0.583. The number of benzene rings is 1. The molecular formula is C14H10BrN5. The van der Waals surface area contributed by atoms with Gasteiger partial charge in [0.25, 0.3) is 0 Å². The number of aromatic nitrogens is 5. The number of nitrogens with one attached hydrogen (secondary N) is 1. The van der Waals surface area contributed by atoms with E-state index in [1.807, 2.05) is 41.8 Å². The molecule has 0 fully saturated rings. The third kappa shape index (κ3) is 1.65. The number of nitrogens with zero attached hydrogens (tertiary/aromatic N) is 4. The molecule has 6 heteroatoms. The van der Waals surface area contributed by atoms with E-state index < -0.39 is 0 Å². The summed E-state index contributed by atoms with van der Waals surface area (Å²) in [6, 6.07) is 10.0. The van der Waals surface area contributed by atoms with Crippen LogP contribution in [0, 0.1) is 6.92 Å². The van der Waals surface area contributed by atoms with Crippen molar-refractivity contribution in [1.82, 2.24) is 24.6 Å². The average molecular weight is 328 g/mol. The molecule has 0 spiro atoms. The molecule has 0 aliphatic heterocycles. The fourth-order valence-electron chi connectivity index (χ4n) is 2.27. The summed E-state index contributed by atoms with van der Waals surface area (Å²) < 4.78 is 2.69. The normalized spacial score (nSPS) is 11.5. The molecule has 0 unspecified atom stereocenters. The third-order valence-corrected chi connectivity index (χ3v) is 4.21. The van der Waals surface area contributed by atoms with Crippen molar-refractivity contribution in [3.63, 3.8) is 0 Å². The Hall–Kier alpha value is -2.21. The SMILES string of the molecule is Cc1nc2ccc(-c3ccc4nc[nH]c4c3)nn2c1Br. The Bertz CT molecular complexity index is 937. The van der Waals surface area contributed by atoms with Crippen LogP contribution in [-0.4, -0.2) is 24.6 Å². The Morgan fingerprint density at radius 2 is 2.10 bits per heavy atom. The molecule has 98 valence electrons. The van der Waals surface area contributed by atoms with E-state index in [1.165, 1.54) is 0 Å². The van der Waals surface area contributed by atoms with Gasteiger partial charge in [0, 0.05) is 5.56 Å². The summed E-state index contributed by atoms with van der Waals surface area (Å²) >= 11 is 3.51. The maximum Gasteiger partial charge on any atom is 0.155 e. The zero-order valence-electron chi connectivity index (χ0n) is 10.6. The van der Waals surface area contributed by atoms with Gasteiger partial charge in [0.15, 0.2) is 5.65 Å². The third-order valence-electron chi connectivity index (χ3n) is 3.30. The van der Waals surface area contributed by atoms with Crippen molar-refractivity contribution in [2.75, 3.05) is 0 Å². The maximum absolute atomic E-state index is 4.63. The number of aromatic amines is 1. The van der Waals surface area contributed by atoms with Crippen molar-refractivity contribution in [2.45, 2.75) is 6.92 Å². The summed E-state index contributed by atoms with van der Waals surface area (Å²) in [5.74, 6) is 0. The van der Waals surface area contributed by atoms with Crippen LogP contribution in [0.25, 0.3) is 27.9 Å². The Kier molecular flexibility index (Phi) is 2.40. The number of fused-ring (bicyclic) bond motifs is 2. The minimum absolute atomic E-state index is 0.834. The van der Waals surface area contributed by atoms with Gasteiger partial charge in [-0.1, -0.05) is 6.07 Å². The zero-order valence-corrected chi connectivity index (χ0v) is 12.2. The smallest absolute Gasteiger partial charge is 0.155 e. The van der Waals surface area contributed by atoms with Crippen molar-refractivity contribution in [1.29, 1.82) is 0 Å². The maximum atomic E-state index is 4.63. The molecule has 0 atom stereocenters. The second kappa shape index (κ2) is 4.14. The average Bonchev–Trinajstić information content (AvgIpc) is 3.03. The van der Waals surface area contributed by atoms with Gasteiger partial charge in [-0.25, -0.2) is 14.5 Å². The number of H-pyrrole nitrogens is 1. The largest absolute Gasteiger partial charge is 0.345 e. The molecule has 5 nitrogen and oxygen atoms in total. The van der Waals surface area contributed by atoms with E-state index in [2.05, 4.69) is 36.0 Å². The van der Waals surface area contributed by atoms with E-state index in [4.69, 9.17) is 0 Å². The first-order valence-electron chi connectivity index (χ1n) is 6.18. The fraction of sp³-hybridized carbons (Fsp3) is 0.0714. The number of imidazole rings is 2. The van der Waals surface area contributed by atoms with Crippen molar-refractivity contribution in [2.24, 2.45) is 0 Å². The topological polar surface area (TPSA) is 58.9 Å². The number of aryl methyl sites for hydroxylation is 1. The summed E-state index contributed by atoms with van der Waals surface area (Å²) in [7, 11) is 0. The molecular weight excluding hydrogens is 318 g/mol. The van der Waals surface area contributed by atoms with Crippen LogP contribution in [0.4, 0.5) is 0 Å². The highest BCUT2D eigenvalue weighted by molar-refractivity contribution is 9.10. The highest BCUT2D eigenvalue weighted by atomic mass is 79.9. The lowest BCUT2D eigenvalue weighted by atomic mass is 10.1. The summed E-state index contributed by atoms with van der Waals surface area (Å²) in [6.07, 6.45) is 1.70. The predicted octanol–water partition coefficient (Wildman–Crippen LogP) is 3.34. The first-order chi connectivity index (χ1) is 9.72. The second-order valence-electron chi connectivity index (χ2n) is 4.61. The lowest BCUT2D eigenvalue weighted by molar-refractivity contribution is 0.919. The van der Waals surface area contributed by atoms with Crippen LogP contribution in [0.3, 0.4) is 0 Å². The minimum atomic E-state index is 0.834. The van der Waals surface area contributed by atoms with Crippen molar-refractivity contribution in [3.8, 4) is 11.3 Å². The van der Waals surface area contributed by atoms with E-state index in [0.29, 0.717) is 0 Å². The van der Waals surface area contributed by atoms with Gasteiger partial charge in [-0.3, -0.25) is 0 Å². The molecule has 3 aromatic heterocycles. The van der Waals surface area contributed by atoms with Gasteiger partial charge in [0.05, 0.1) is 28.7 Å². The van der Waals surface area contributed by atoms with Gasteiger partial charge in [0.2, 0.25) is 0 Å². The van der Waals surface area contributed by atoms with Crippen LogP contribution < -0.4 is 0 Å². The standard InChI is InChI=1S/C14H10BrN5/c1-8-14(15)20-13(18-8)5-4-10(19-20)9-2-3-11-12(6-9)17-7-16-11/h2-7H,1H3,(H,16,17). The predicted molar refractivity (Wildman–Crippen MR) is 80.5 cm³/mol. The van der Waals surface area contributed by atoms with Crippen LogP contribution in [0.2, 0.25) is 0 Å². The lowest BCUT2D eigenvalue weighted by Crippen LogP contribution is -1.94. The molecule has 0 saturated heterocycles. The molecule has 1 aromatic carbocycles. The van der Waals surface area contributed by atoms with Crippen LogP contribution in [0.1, 0.15) is 5.69 Å². The molecule has 3 heterocycles. The van der Waals surface area contributed by atoms with Crippen molar-refractivity contribution >= 4 is 32.6 Å². The number of hydrogen-bond donors (Lipinski definition) is 1. The molecule has 0 saturated carbocycles. The van der Waals surface area contributed by atoms with E-state index in [9.17, 15) is 0 Å². The van der Waals surface area contributed by atoms with Gasteiger partial charge < -0.3 is 4.98 Å². The first-order valence-corrected chi connectivity index (χ1v) is 6.97. The molecule has 4 rings (SSSR count). The second-order valence-corrected chi connectivity index (χ2v) is 5.36. The van der Waals surface area contributed by atoms with E-state index >= 15 is 0 Å². The minimum Gasteiger partial charge on any atom is -0.345 e. The van der Waals surface area contributed by atoms with E-state index in [0.717, 1.165) is 38.2 Å². The molecule has 1 N–H and O–H groups in total. The Morgan fingerprint density at radius 3 is 3.00 bits per heavy atom. The monoisotopic (exact) mass is 327 g/mol. The fourth-order valence-corrected chi connectivity index (χ4v) is 2.62. The summed E-state index contributed by atoms with van der Waals surface area (Å²) in [6.45, 7) is 1.95. The van der Waals surface area contributed by atoms with Crippen molar-refractivity contribution in [3.05, 3.63) is 47.0 Å². The molecule has 0 bridgehead atoms. The molecule has 0 aliphatic rings. The van der Waals surface area contributed by atoms with Crippen LogP contribution >= 0.6 is 15.9 Å². The van der Waals surface area contributed by atoms with Gasteiger partial charge in [-0.05, 0) is 47.1 Å². The van der Waals surface area contributed by atoms with Crippen LogP contribution in [-0.2, 0) is 0 Å². The van der Waals surface area contributed by atoms with E-state index in [1.54, 1.807) is 6.33 Å². The number of halogens is 1. The Morgan fingerprint density at radius 1 is 1.20 bits per heavy atom. The van der Waals surface area contributed by atoms with Crippen molar-refractivity contribution < 1.29 is 0 Å². The van der Waals surface area contributed by atoms with Gasteiger partial charge in [0.1, 0.15) is 4.60 Å². The highest BCUT2D eigenvalue weighted by Crippen LogP contribution is 2.23. The molecule has 4 aromatic rings. The molecule has 0 aliphatic carbocycles. The van der Waals surface area contributed by atoms with Gasteiger partial charge >= 0.3 is 0 Å². The molecule has 20 heavy (non-hydrogen) atoms. The molecule has 0 radical (unpaired) electrons. The van der Waals surface area contributed by atoms with Crippen LogP contribution in [0.15, 0.2) is 41.3 Å². The number of hydrogen-bond acceptors (Lipinski definition) is 3.